The highest BCUT2D eigenvalue weighted by Gasteiger charge is 2.04. The molecule has 0 aliphatic carbocycles. The van der Waals surface area contributed by atoms with Gasteiger partial charge in [0.15, 0.2) is 5.82 Å². The fourth-order valence-corrected chi connectivity index (χ4v) is 1.29. The molecule has 0 aromatic carbocycles. The number of nitrogens with two attached hydrogens (primary N) is 1. The monoisotopic (exact) mass is 229 g/mol. The van der Waals surface area contributed by atoms with Crippen molar-refractivity contribution in [2.75, 3.05) is 26.9 Å². The Morgan fingerprint density at radius 2 is 2.33 bits per heavy atom. The van der Waals surface area contributed by atoms with Crippen LogP contribution in [0.5, 0.6) is 0 Å². The van der Waals surface area contributed by atoms with Crippen molar-refractivity contribution in [1.29, 1.82) is 0 Å². The molecule has 0 fully saturated rings. The zero-order chi connectivity index (χ0) is 11.1. The standard InChI is InChI=1S/C9H15N3O2S/c1-13-6-7-14-5-4-12-3-2-11-9(12)8(10)15/h2-3H,4-7H2,1H3,(H2,10,15). The van der Waals surface area contributed by atoms with E-state index in [2.05, 4.69) is 4.98 Å². The van der Waals surface area contributed by atoms with Crippen LogP contribution in [0.25, 0.3) is 0 Å². The SMILES string of the molecule is COCCOCCn1ccnc1C(N)=S. The lowest BCUT2D eigenvalue weighted by molar-refractivity contribution is 0.0665. The van der Waals surface area contributed by atoms with E-state index in [-0.39, 0.29) is 0 Å². The second-order valence-corrected chi connectivity index (χ2v) is 3.35. The lowest BCUT2D eigenvalue weighted by atomic mass is 10.5. The largest absolute Gasteiger partial charge is 0.387 e. The smallest absolute Gasteiger partial charge is 0.167 e. The number of imidazole rings is 1. The number of thiocarbonyl (C=S) groups is 1. The molecule has 2 N–H and O–H groups in total. The first kappa shape index (κ1) is 12.1. The number of hydrogen-bond acceptors (Lipinski definition) is 4. The molecule has 0 saturated heterocycles. The van der Waals surface area contributed by atoms with Gasteiger partial charge >= 0.3 is 0 Å². The van der Waals surface area contributed by atoms with Crippen LogP contribution < -0.4 is 5.73 Å². The van der Waals surface area contributed by atoms with Crippen LogP contribution in [0.2, 0.25) is 0 Å². The van der Waals surface area contributed by atoms with E-state index in [4.69, 9.17) is 27.4 Å². The average molecular weight is 229 g/mol. The molecule has 1 heterocycles. The van der Waals surface area contributed by atoms with E-state index in [1.807, 2.05) is 10.8 Å². The molecule has 0 aliphatic rings. The van der Waals surface area contributed by atoms with Gasteiger partial charge in [0, 0.05) is 26.0 Å². The van der Waals surface area contributed by atoms with Crippen molar-refractivity contribution in [3.8, 4) is 0 Å². The van der Waals surface area contributed by atoms with Gasteiger partial charge in [-0.05, 0) is 0 Å². The summed E-state index contributed by atoms with van der Waals surface area (Å²) in [5.41, 5.74) is 5.50. The van der Waals surface area contributed by atoms with Crippen LogP contribution in [0.4, 0.5) is 0 Å². The fraction of sp³-hybridized carbons (Fsp3) is 0.556. The number of nitrogens with zero attached hydrogens (tertiary/aromatic N) is 2. The van der Waals surface area contributed by atoms with E-state index >= 15 is 0 Å². The van der Waals surface area contributed by atoms with Gasteiger partial charge in [0.05, 0.1) is 19.8 Å². The van der Waals surface area contributed by atoms with Gasteiger partial charge in [-0.15, -0.1) is 0 Å². The van der Waals surface area contributed by atoms with Crippen molar-refractivity contribution in [2.45, 2.75) is 6.54 Å². The highest BCUT2D eigenvalue weighted by molar-refractivity contribution is 7.80. The average Bonchev–Trinajstić information content (AvgIpc) is 2.66. The Balaban J connectivity index is 2.31. The second-order valence-electron chi connectivity index (χ2n) is 2.91. The maximum atomic E-state index is 5.50. The summed E-state index contributed by atoms with van der Waals surface area (Å²) in [6.45, 7) is 2.48. The van der Waals surface area contributed by atoms with E-state index in [1.54, 1.807) is 13.3 Å². The predicted octanol–water partition coefficient (Wildman–Crippen LogP) is 0.180. The van der Waals surface area contributed by atoms with Gasteiger partial charge in [-0.3, -0.25) is 0 Å². The summed E-state index contributed by atoms with van der Waals surface area (Å²) in [5, 5.41) is 0. The number of aromatic nitrogens is 2. The molecule has 1 aromatic rings. The van der Waals surface area contributed by atoms with Crippen LogP contribution in [0.15, 0.2) is 12.4 Å². The summed E-state index contributed by atoms with van der Waals surface area (Å²) < 4.78 is 12.1. The quantitative estimate of drug-likeness (QED) is 0.534. The van der Waals surface area contributed by atoms with Gasteiger partial charge in [0.1, 0.15) is 4.99 Å². The summed E-state index contributed by atoms with van der Waals surface area (Å²) in [5.74, 6) is 0.625. The van der Waals surface area contributed by atoms with Crippen LogP contribution in [-0.4, -0.2) is 41.5 Å². The highest BCUT2D eigenvalue weighted by Crippen LogP contribution is 1.97. The van der Waals surface area contributed by atoms with Crippen molar-refractivity contribution in [2.24, 2.45) is 5.73 Å². The number of rotatable bonds is 7. The molecule has 0 unspecified atom stereocenters. The predicted molar refractivity (Wildman–Crippen MR) is 60.8 cm³/mol. The van der Waals surface area contributed by atoms with Crippen LogP contribution in [-0.2, 0) is 16.0 Å². The first-order chi connectivity index (χ1) is 7.25. The molecular formula is C9H15N3O2S. The zero-order valence-electron chi connectivity index (χ0n) is 8.68. The topological polar surface area (TPSA) is 62.3 Å². The van der Waals surface area contributed by atoms with Crippen LogP contribution >= 0.6 is 12.2 Å². The normalized spacial score (nSPS) is 10.5. The van der Waals surface area contributed by atoms with Crippen LogP contribution in [0.3, 0.4) is 0 Å². The Hall–Kier alpha value is -0.980. The maximum absolute atomic E-state index is 5.50. The van der Waals surface area contributed by atoms with E-state index in [1.165, 1.54) is 0 Å². The van der Waals surface area contributed by atoms with Gasteiger partial charge in [0.25, 0.3) is 0 Å². The Morgan fingerprint density at radius 3 is 3.00 bits per heavy atom. The van der Waals surface area contributed by atoms with Gasteiger partial charge in [0.2, 0.25) is 0 Å². The van der Waals surface area contributed by atoms with Crippen molar-refractivity contribution in [3.05, 3.63) is 18.2 Å². The first-order valence-electron chi connectivity index (χ1n) is 4.63. The third kappa shape index (κ3) is 3.94. The fourth-order valence-electron chi connectivity index (χ4n) is 1.12. The van der Waals surface area contributed by atoms with E-state index < -0.39 is 0 Å². The maximum Gasteiger partial charge on any atom is 0.167 e. The molecule has 0 aliphatic heterocycles. The van der Waals surface area contributed by atoms with Gasteiger partial charge < -0.3 is 19.8 Å². The van der Waals surface area contributed by atoms with E-state index in [9.17, 15) is 0 Å². The summed E-state index contributed by atoms with van der Waals surface area (Å²) >= 11 is 4.86. The molecule has 0 bridgehead atoms. The highest BCUT2D eigenvalue weighted by atomic mass is 32.1. The summed E-state index contributed by atoms with van der Waals surface area (Å²) in [6, 6.07) is 0. The molecule has 0 amide bonds. The Bertz CT molecular complexity index is 314. The minimum absolute atomic E-state index is 0.303. The summed E-state index contributed by atoms with van der Waals surface area (Å²) in [4.78, 5) is 4.35. The molecular weight excluding hydrogens is 214 g/mol. The third-order valence-corrected chi connectivity index (χ3v) is 2.03. The Kier molecular flexibility index (Phi) is 5.23. The molecule has 0 atom stereocenters. The molecule has 15 heavy (non-hydrogen) atoms. The van der Waals surface area contributed by atoms with Crippen molar-refractivity contribution < 1.29 is 9.47 Å². The Labute approximate surface area is 94.2 Å². The third-order valence-electron chi connectivity index (χ3n) is 1.84. The molecule has 1 rings (SSSR count). The van der Waals surface area contributed by atoms with Crippen molar-refractivity contribution in [1.82, 2.24) is 9.55 Å². The van der Waals surface area contributed by atoms with E-state index in [0.29, 0.717) is 37.2 Å². The Morgan fingerprint density at radius 1 is 1.53 bits per heavy atom. The lowest BCUT2D eigenvalue weighted by Gasteiger charge is -2.07. The molecule has 0 radical (unpaired) electrons. The minimum atomic E-state index is 0.303. The molecule has 84 valence electrons. The minimum Gasteiger partial charge on any atom is -0.387 e. The molecule has 1 aromatic heterocycles. The molecule has 0 spiro atoms. The lowest BCUT2D eigenvalue weighted by Crippen LogP contribution is -2.18. The van der Waals surface area contributed by atoms with Crippen LogP contribution in [0, 0.1) is 0 Å². The van der Waals surface area contributed by atoms with Gasteiger partial charge in [-0.2, -0.15) is 0 Å². The van der Waals surface area contributed by atoms with Gasteiger partial charge in [-0.1, -0.05) is 12.2 Å². The number of hydrogen-bond donors (Lipinski definition) is 1. The summed E-state index contributed by atoms with van der Waals surface area (Å²) in [7, 11) is 1.64. The van der Waals surface area contributed by atoms with E-state index in [0.717, 1.165) is 0 Å². The first-order valence-corrected chi connectivity index (χ1v) is 5.04. The number of ether oxygens (including phenoxy) is 2. The molecule has 0 saturated carbocycles. The summed E-state index contributed by atoms with van der Waals surface area (Å²) in [6.07, 6.45) is 3.50. The molecule has 6 heteroatoms. The zero-order valence-corrected chi connectivity index (χ0v) is 9.50. The number of methoxy groups -OCH3 is 1. The second kappa shape index (κ2) is 6.49. The van der Waals surface area contributed by atoms with Crippen molar-refractivity contribution >= 4 is 17.2 Å². The van der Waals surface area contributed by atoms with Gasteiger partial charge in [-0.25, -0.2) is 4.98 Å². The molecule has 5 nitrogen and oxygen atoms in total. The van der Waals surface area contributed by atoms with Crippen molar-refractivity contribution in [3.63, 3.8) is 0 Å². The van der Waals surface area contributed by atoms with Crippen LogP contribution in [0.1, 0.15) is 5.82 Å².